The van der Waals surface area contributed by atoms with Crippen LogP contribution in [0.3, 0.4) is 0 Å². The molecule has 0 unspecified atom stereocenters. The van der Waals surface area contributed by atoms with Gasteiger partial charge in [-0.05, 0) is 17.7 Å². The molecule has 0 heterocycles. The predicted molar refractivity (Wildman–Crippen MR) is 68.5 cm³/mol. The van der Waals surface area contributed by atoms with E-state index < -0.39 is 24.1 Å². The third kappa shape index (κ3) is 3.64. The first-order valence-electron chi connectivity index (χ1n) is 5.71. The van der Waals surface area contributed by atoms with E-state index in [1.807, 2.05) is 0 Å². The van der Waals surface area contributed by atoms with E-state index in [9.17, 15) is 22.0 Å². The van der Waals surface area contributed by atoms with Gasteiger partial charge in [-0.3, -0.25) is 0 Å². The topological polar surface area (TPSA) is 9.23 Å². The van der Waals surface area contributed by atoms with Crippen LogP contribution in [0.2, 0.25) is 5.02 Å². The van der Waals surface area contributed by atoms with Crippen LogP contribution in [-0.4, -0.2) is 6.36 Å². The lowest BCUT2D eigenvalue weighted by atomic mass is 9.99. The quantitative estimate of drug-likeness (QED) is 0.645. The minimum atomic E-state index is -4.92. The van der Waals surface area contributed by atoms with Crippen LogP contribution in [0.5, 0.6) is 5.75 Å². The zero-order valence-corrected chi connectivity index (χ0v) is 11.1. The number of para-hydroxylation sites is 1. The summed E-state index contributed by atoms with van der Waals surface area (Å²) in [6.07, 6.45) is -7.84. The van der Waals surface area contributed by atoms with Crippen LogP contribution in [0, 0.1) is 0 Å². The fourth-order valence-corrected chi connectivity index (χ4v) is 2.15. The summed E-state index contributed by atoms with van der Waals surface area (Å²) in [5.74, 6) is -0.561. The first kappa shape index (κ1) is 15.6. The van der Waals surface area contributed by atoms with Crippen molar-refractivity contribution >= 4 is 11.6 Å². The lowest BCUT2D eigenvalue weighted by molar-refractivity contribution is -0.274. The Labute approximate surface area is 121 Å². The number of halogens is 6. The molecule has 0 saturated carbocycles. The van der Waals surface area contributed by atoms with Crippen molar-refractivity contribution in [3.8, 4) is 16.9 Å². The maximum absolute atomic E-state index is 13.1. The summed E-state index contributed by atoms with van der Waals surface area (Å²) in [6, 6.07) is 8.96. The van der Waals surface area contributed by atoms with Crippen molar-refractivity contribution in [2.24, 2.45) is 0 Å². The van der Waals surface area contributed by atoms with Crippen molar-refractivity contribution in [3.05, 3.63) is 53.1 Å². The Bertz CT molecular complexity index is 640. The first-order chi connectivity index (χ1) is 9.79. The summed E-state index contributed by atoms with van der Waals surface area (Å²) in [6.45, 7) is 0. The number of ether oxygens (including phenoxy) is 1. The molecule has 0 radical (unpaired) electrons. The van der Waals surface area contributed by atoms with Crippen molar-refractivity contribution in [1.29, 1.82) is 0 Å². The smallest absolute Gasteiger partial charge is 0.405 e. The predicted octanol–water partition coefficient (Wildman–Crippen LogP) is 5.84. The summed E-state index contributed by atoms with van der Waals surface area (Å²) in [7, 11) is 0. The summed E-state index contributed by atoms with van der Waals surface area (Å²) >= 11 is 5.72. The average Bonchev–Trinajstić information content (AvgIpc) is 2.36. The second kappa shape index (κ2) is 5.89. The van der Waals surface area contributed by atoms with E-state index in [1.165, 1.54) is 36.4 Å². The monoisotopic (exact) mass is 322 g/mol. The summed E-state index contributed by atoms with van der Waals surface area (Å²) in [5.41, 5.74) is -0.734. The Morgan fingerprint density at radius 1 is 0.905 bits per heavy atom. The second-order valence-electron chi connectivity index (χ2n) is 4.05. The molecule has 2 aromatic rings. The molecule has 0 spiro atoms. The average molecular weight is 323 g/mol. The molecule has 21 heavy (non-hydrogen) atoms. The summed E-state index contributed by atoms with van der Waals surface area (Å²) < 4.78 is 67.2. The maximum Gasteiger partial charge on any atom is 0.573 e. The van der Waals surface area contributed by atoms with Crippen LogP contribution >= 0.6 is 11.6 Å². The molecule has 0 amide bonds. The van der Waals surface area contributed by atoms with Crippen LogP contribution in [0.4, 0.5) is 22.0 Å². The van der Waals surface area contributed by atoms with E-state index in [0.717, 1.165) is 6.07 Å². The minimum absolute atomic E-state index is 0.0997. The highest BCUT2D eigenvalue weighted by Crippen LogP contribution is 2.41. The standard InChI is InChI=1S/C14H8ClF5O/c15-10-6-3-5-9(12(10)13(16)17)8-4-1-2-7-11(8)21-14(18,19)20/h1-7,13H. The van der Waals surface area contributed by atoms with E-state index >= 15 is 0 Å². The normalized spacial score (nSPS) is 11.8. The van der Waals surface area contributed by atoms with Crippen molar-refractivity contribution in [2.45, 2.75) is 12.8 Å². The van der Waals surface area contributed by atoms with Gasteiger partial charge in [-0.2, -0.15) is 0 Å². The number of benzene rings is 2. The molecular weight excluding hydrogens is 315 g/mol. The fraction of sp³-hybridized carbons (Fsp3) is 0.143. The molecule has 0 aromatic heterocycles. The van der Waals surface area contributed by atoms with Crippen LogP contribution in [-0.2, 0) is 0 Å². The van der Waals surface area contributed by atoms with Gasteiger partial charge in [-0.1, -0.05) is 41.9 Å². The second-order valence-corrected chi connectivity index (χ2v) is 4.45. The van der Waals surface area contributed by atoms with E-state index in [-0.39, 0.29) is 16.1 Å². The van der Waals surface area contributed by atoms with E-state index in [4.69, 9.17) is 11.6 Å². The van der Waals surface area contributed by atoms with E-state index in [1.54, 1.807) is 0 Å². The Kier molecular flexibility index (Phi) is 4.37. The minimum Gasteiger partial charge on any atom is -0.405 e. The zero-order chi connectivity index (χ0) is 15.6. The Balaban J connectivity index is 2.60. The number of hydrogen-bond acceptors (Lipinski definition) is 1. The number of alkyl halides is 5. The van der Waals surface area contributed by atoms with Crippen molar-refractivity contribution in [2.75, 3.05) is 0 Å². The zero-order valence-electron chi connectivity index (χ0n) is 10.3. The van der Waals surface area contributed by atoms with Crippen molar-refractivity contribution in [3.63, 3.8) is 0 Å². The Hall–Kier alpha value is -1.82. The van der Waals surface area contributed by atoms with Crippen LogP contribution in [0.1, 0.15) is 12.0 Å². The molecule has 0 aliphatic carbocycles. The third-order valence-corrected chi connectivity index (χ3v) is 3.00. The van der Waals surface area contributed by atoms with Gasteiger partial charge in [0.1, 0.15) is 5.75 Å². The lowest BCUT2D eigenvalue weighted by Gasteiger charge is -2.16. The molecule has 0 N–H and O–H groups in total. The molecule has 7 heteroatoms. The Morgan fingerprint density at radius 2 is 1.52 bits per heavy atom. The first-order valence-corrected chi connectivity index (χ1v) is 6.09. The van der Waals surface area contributed by atoms with Crippen LogP contribution in [0.15, 0.2) is 42.5 Å². The molecule has 0 atom stereocenters. The summed E-state index contributed by atoms with van der Waals surface area (Å²) in [4.78, 5) is 0. The van der Waals surface area contributed by atoms with Crippen molar-refractivity contribution in [1.82, 2.24) is 0 Å². The highest BCUT2D eigenvalue weighted by Gasteiger charge is 2.32. The molecule has 0 aliphatic heterocycles. The lowest BCUT2D eigenvalue weighted by Crippen LogP contribution is -2.17. The molecular formula is C14H8ClF5O. The third-order valence-electron chi connectivity index (χ3n) is 2.67. The molecule has 1 nitrogen and oxygen atoms in total. The van der Waals surface area contributed by atoms with Gasteiger partial charge in [0.05, 0.1) is 5.02 Å². The van der Waals surface area contributed by atoms with E-state index in [2.05, 4.69) is 4.74 Å². The van der Waals surface area contributed by atoms with Crippen LogP contribution in [0.25, 0.3) is 11.1 Å². The molecule has 2 aromatic carbocycles. The van der Waals surface area contributed by atoms with Gasteiger partial charge >= 0.3 is 6.36 Å². The maximum atomic E-state index is 13.1. The highest BCUT2D eigenvalue weighted by atomic mass is 35.5. The molecule has 0 bridgehead atoms. The number of hydrogen-bond donors (Lipinski definition) is 0. The molecule has 2 rings (SSSR count). The molecule has 0 saturated heterocycles. The van der Waals surface area contributed by atoms with Gasteiger partial charge in [0.2, 0.25) is 0 Å². The largest absolute Gasteiger partial charge is 0.573 e. The van der Waals surface area contributed by atoms with Gasteiger partial charge < -0.3 is 4.74 Å². The SMILES string of the molecule is FC(F)c1c(Cl)cccc1-c1ccccc1OC(F)(F)F. The van der Waals surface area contributed by atoms with Gasteiger partial charge in [0.15, 0.2) is 0 Å². The number of rotatable bonds is 3. The fourth-order valence-electron chi connectivity index (χ4n) is 1.90. The van der Waals surface area contributed by atoms with Gasteiger partial charge in [0, 0.05) is 11.1 Å². The highest BCUT2D eigenvalue weighted by molar-refractivity contribution is 6.31. The van der Waals surface area contributed by atoms with E-state index in [0.29, 0.717) is 0 Å². The van der Waals surface area contributed by atoms with Gasteiger partial charge in [-0.15, -0.1) is 13.2 Å². The van der Waals surface area contributed by atoms with Crippen LogP contribution < -0.4 is 4.74 Å². The Morgan fingerprint density at radius 3 is 2.14 bits per heavy atom. The van der Waals surface area contributed by atoms with Gasteiger partial charge in [-0.25, -0.2) is 8.78 Å². The summed E-state index contributed by atoms with van der Waals surface area (Å²) in [5, 5.41) is -0.218. The van der Waals surface area contributed by atoms with Crippen molar-refractivity contribution < 1.29 is 26.7 Å². The molecule has 0 aliphatic rings. The molecule has 0 fully saturated rings. The van der Waals surface area contributed by atoms with Gasteiger partial charge in [0.25, 0.3) is 6.43 Å². The molecule has 112 valence electrons.